The lowest BCUT2D eigenvalue weighted by atomic mass is 9.82. The summed E-state index contributed by atoms with van der Waals surface area (Å²) in [6.07, 6.45) is 3.68. The maximum Gasteiger partial charge on any atom is 0.264 e. The molecule has 1 unspecified atom stereocenters. The Morgan fingerprint density at radius 1 is 1.15 bits per heavy atom. The van der Waals surface area contributed by atoms with Crippen LogP contribution in [0.2, 0.25) is 18.6 Å². The molecule has 4 heterocycles. The lowest BCUT2D eigenvalue weighted by Gasteiger charge is -2.32. The van der Waals surface area contributed by atoms with Crippen LogP contribution in [0, 0.1) is 5.92 Å². The average Bonchev–Trinajstić information content (AvgIpc) is 3.93. The van der Waals surface area contributed by atoms with Gasteiger partial charge in [-0.05, 0) is 80.4 Å². The quantitative estimate of drug-likeness (QED) is 0.155. The molecule has 1 aromatic heterocycles. The molecule has 12 nitrogen and oxygen atoms in total. The van der Waals surface area contributed by atoms with Crippen molar-refractivity contribution in [2.75, 3.05) is 30.5 Å². The van der Waals surface area contributed by atoms with Crippen molar-refractivity contribution in [1.82, 2.24) is 20.3 Å². The van der Waals surface area contributed by atoms with E-state index in [1.54, 1.807) is 16.7 Å². The van der Waals surface area contributed by atoms with Crippen molar-refractivity contribution in [1.29, 1.82) is 0 Å². The Balaban J connectivity index is 1.16. The van der Waals surface area contributed by atoms with Crippen LogP contribution >= 0.6 is 0 Å². The Labute approximate surface area is 305 Å². The van der Waals surface area contributed by atoms with E-state index < -0.39 is 20.0 Å². The van der Waals surface area contributed by atoms with Gasteiger partial charge in [0.05, 0.1) is 49.7 Å². The van der Waals surface area contributed by atoms with Crippen molar-refractivity contribution in [3.63, 3.8) is 0 Å². The van der Waals surface area contributed by atoms with Gasteiger partial charge in [-0.25, -0.2) is 0 Å². The topological polar surface area (TPSA) is 151 Å². The molecule has 0 bridgehead atoms. The summed E-state index contributed by atoms with van der Waals surface area (Å²) in [4.78, 5) is 41.3. The first-order valence-corrected chi connectivity index (χ1v) is 21.2. The summed E-state index contributed by atoms with van der Waals surface area (Å²) < 4.78 is 14.4. The molecule has 13 heteroatoms. The van der Waals surface area contributed by atoms with Crippen LogP contribution in [0.15, 0.2) is 79.0 Å². The highest BCUT2D eigenvalue weighted by molar-refractivity contribution is 6.71. The fourth-order valence-corrected chi connectivity index (χ4v) is 11.2. The van der Waals surface area contributed by atoms with E-state index in [-0.39, 0.29) is 48.4 Å². The van der Waals surface area contributed by atoms with Gasteiger partial charge in [0.15, 0.2) is 13.9 Å². The van der Waals surface area contributed by atoms with Gasteiger partial charge in [-0.3, -0.25) is 14.3 Å². The molecule has 274 valence electrons. The van der Waals surface area contributed by atoms with Gasteiger partial charge < -0.3 is 34.9 Å². The van der Waals surface area contributed by atoms with Crippen LogP contribution in [-0.4, -0.2) is 77.4 Å². The van der Waals surface area contributed by atoms with Crippen LogP contribution in [0.1, 0.15) is 54.5 Å². The number of carbonyl (C=O) groups is 2. The highest BCUT2D eigenvalue weighted by atomic mass is 28.4. The Hall–Kier alpha value is -4.40. The maximum absolute atomic E-state index is 14.9. The lowest BCUT2D eigenvalue weighted by Crippen LogP contribution is -2.46. The van der Waals surface area contributed by atoms with Gasteiger partial charge in [0.1, 0.15) is 5.75 Å². The van der Waals surface area contributed by atoms with Crippen molar-refractivity contribution < 1.29 is 29.0 Å². The molecule has 0 radical (unpaired) electrons. The number of fused-ring (bicyclic) bond motifs is 2. The van der Waals surface area contributed by atoms with Gasteiger partial charge in [-0.2, -0.15) is 0 Å². The highest BCUT2D eigenvalue weighted by Gasteiger charge is 2.66. The summed E-state index contributed by atoms with van der Waals surface area (Å²) in [6, 6.07) is 22.8. The molecule has 3 aliphatic rings. The summed E-state index contributed by atoms with van der Waals surface area (Å²) in [5.41, 5.74) is 3.01. The Bertz CT molecular complexity index is 1910. The van der Waals surface area contributed by atoms with Crippen LogP contribution in [0.4, 0.5) is 11.4 Å². The molecule has 3 aliphatic heterocycles. The summed E-state index contributed by atoms with van der Waals surface area (Å²) in [6.45, 7) is 7.30. The monoisotopic (exact) mass is 724 g/mol. The number of methoxy groups -OCH3 is 1. The van der Waals surface area contributed by atoms with E-state index >= 15 is 0 Å². The first kappa shape index (κ1) is 36.0. The third-order valence-corrected chi connectivity index (χ3v) is 13.5. The van der Waals surface area contributed by atoms with Crippen molar-refractivity contribution >= 4 is 31.5 Å². The molecular formula is C39H48N6O6Si. The Kier molecular flexibility index (Phi) is 10.1. The molecule has 0 saturated carbocycles. The molecule has 4 aromatic rings. The minimum absolute atomic E-state index is 0.0594. The molecule has 2 fully saturated rings. The van der Waals surface area contributed by atoms with Crippen LogP contribution < -0.4 is 20.3 Å². The van der Waals surface area contributed by atoms with Crippen molar-refractivity contribution in [2.24, 2.45) is 5.92 Å². The van der Waals surface area contributed by atoms with E-state index in [0.29, 0.717) is 30.1 Å². The Morgan fingerprint density at radius 2 is 1.96 bits per heavy atom. The second kappa shape index (κ2) is 14.6. The van der Waals surface area contributed by atoms with Gasteiger partial charge in [-0.15, -0.1) is 5.10 Å². The largest absolute Gasteiger partial charge is 0.497 e. The molecule has 0 aliphatic carbocycles. The van der Waals surface area contributed by atoms with Gasteiger partial charge in [0, 0.05) is 35.5 Å². The number of aliphatic hydroxyl groups is 1. The van der Waals surface area contributed by atoms with Crippen LogP contribution in [0.3, 0.4) is 0 Å². The third-order valence-electron chi connectivity index (χ3n) is 11.0. The third kappa shape index (κ3) is 6.67. The SMILES string of the molecule is COc1ccc2c(c1)[C@]1(O[C@@H](CCn3cc(C(CO)c4ccccc4)nn3)[C@H]([Si](C)(C)O)[C@H]1C)C(=O)N2Cc1cccc(NC(=O)[C@H]2CCCN2)c1. The fraction of sp³-hybridized carbons (Fsp3) is 0.436. The summed E-state index contributed by atoms with van der Waals surface area (Å²) in [5.74, 6) is -0.278. The first-order valence-electron chi connectivity index (χ1n) is 18.1. The number of nitrogens with zero attached hydrogens (tertiary/aromatic N) is 4. The molecule has 6 atom stereocenters. The summed E-state index contributed by atoms with van der Waals surface area (Å²) in [7, 11) is -1.30. The number of amides is 2. The molecule has 4 N–H and O–H groups in total. The molecule has 2 saturated heterocycles. The standard InChI is InChI=1S/C39H48N6O6Si/c1-25-36(52(3,4)49)35(17-19-44-23-33(42-43-44)30(24-46)27-11-6-5-7-12-27)51-39(25)31-21-29(50-2)15-16-34(31)45(38(39)48)22-26-10-8-13-28(20-26)41-37(47)32-14-9-18-40-32/h5-8,10-13,15-16,20-21,23,25,30,32,35-36,40,46,49H,9,14,17-19,22,24H2,1-4H3,(H,41,47)/t25-,30?,32-,35+,36-,39+/m1/s1. The van der Waals surface area contributed by atoms with E-state index in [9.17, 15) is 19.5 Å². The zero-order valence-electron chi connectivity index (χ0n) is 30.2. The molecule has 1 spiro atoms. The number of aliphatic hydroxyl groups excluding tert-OH is 1. The van der Waals surface area contributed by atoms with Gasteiger partial charge in [-0.1, -0.05) is 54.6 Å². The van der Waals surface area contributed by atoms with Crippen LogP contribution in [-0.2, 0) is 33.0 Å². The Morgan fingerprint density at radius 3 is 2.67 bits per heavy atom. The van der Waals surface area contributed by atoms with Gasteiger partial charge in [0.25, 0.3) is 5.91 Å². The second-order valence-corrected chi connectivity index (χ2v) is 18.8. The number of ether oxygens (including phenoxy) is 2. The molecule has 52 heavy (non-hydrogen) atoms. The van der Waals surface area contributed by atoms with Crippen molar-refractivity contribution in [2.45, 2.75) is 81.6 Å². The predicted molar refractivity (Wildman–Crippen MR) is 199 cm³/mol. The first-order chi connectivity index (χ1) is 25.0. The van der Waals surface area contributed by atoms with Gasteiger partial charge >= 0.3 is 0 Å². The van der Waals surface area contributed by atoms with E-state index in [1.165, 1.54) is 0 Å². The number of aryl methyl sites for hydroxylation is 1. The zero-order chi connectivity index (χ0) is 36.6. The van der Waals surface area contributed by atoms with Crippen molar-refractivity contribution in [3.05, 3.63) is 101 Å². The van der Waals surface area contributed by atoms with E-state index in [0.717, 1.165) is 41.8 Å². The maximum atomic E-state index is 14.9. The van der Waals surface area contributed by atoms with E-state index in [1.807, 2.05) is 99.0 Å². The van der Waals surface area contributed by atoms with Gasteiger partial charge in [0.2, 0.25) is 5.91 Å². The van der Waals surface area contributed by atoms with Crippen LogP contribution in [0.25, 0.3) is 0 Å². The van der Waals surface area contributed by atoms with E-state index in [4.69, 9.17) is 9.47 Å². The number of rotatable bonds is 12. The number of anilines is 2. The lowest BCUT2D eigenvalue weighted by molar-refractivity contribution is -0.146. The number of hydrogen-bond acceptors (Lipinski definition) is 9. The van der Waals surface area contributed by atoms with E-state index in [2.05, 4.69) is 20.9 Å². The minimum Gasteiger partial charge on any atom is -0.497 e. The normalized spacial score (nSPS) is 24.7. The number of hydrogen-bond donors (Lipinski definition) is 4. The summed E-state index contributed by atoms with van der Waals surface area (Å²) in [5, 5.41) is 25.2. The predicted octanol–water partition coefficient (Wildman–Crippen LogP) is 4.54. The number of carbonyl (C=O) groups excluding carboxylic acids is 2. The molecule has 3 aromatic carbocycles. The molecular weight excluding hydrogens is 677 g/mol. The smallest absolute Gasteiger partial charge is 0.264 e. The molecule has 7 rings (SSSR count). The zero-order valence-corrected chi connectivity index (χ0v) is 31.2. The number of benzene rings is 3. The highest BCUT2D eigenvalue weighted by Crippen LogP contribution is 2.60. The second-order valence-electron chi connectivity index (χ2n) is 14.8. The minimum atomic E-state index is -2.90. The summed E-state index contributed by atoms with van der Waals surface area (Å²) >= 11 is 0. The number of aromatic nitrogens is 3. The average molecular weight is 725 g/mol. The fourth-order valence-electron chi connectivity index (χ4n) is 8.58. The van der Waals surface area contributed by atoms with Crippen LogP contribution in [0.5, 0.6) is 5.75 Å². The number of nitrogens with one attached hydrogen (secondary N) is 2. The molecule has 2 amide bonds. The van der Waals surface area contributed by atoms with Crippen molar-refractivity contribution in [3.8, 4) is 5.75 Å².